The Hall–Kier alpha value is -1.79. The lowest BCUT2D eigenvalue weighted by atomic mass is 10.1. The third-order valence-corrected chi connectivity index (χ3v) is 4.71. The fourth-order valence-electron chi connectivity index (χ4n) is 3.31. The Morgan fingerprint density at radius 2 is 1.78 bits per heavy atom. The van der Waals surface area contributed by atoms with Gasteiger partial charge in [-0.1, -0.05) is 44.2 Å². The van der Waals surface area contributed by atoms with Crippen molar-refractivity contribution >= 4 is 0 Å². The van der Waals surface area contributed by atoms with Crippen LogP contribution < -0.4 is 0 Å². The van der Waals surface area contributed by atoms with Crippen LogP contribution in [0.2, 0.25) is 0 Å². The summed E-state index contributed by atoms with van der Waals surface area (Å²) >= 11 is 0. The van der Waals surface area contributed by atoms with E-state index in [2.05, 4.69) is 63.4 Å². The third-order valence-electron chi connectivity index (χ3n) is 4.71. The topological polar surface area (TPSA) is 50.1 Å². The van der Waals surface area contributed by atoms with E-state index in [0.717, 1.165) is 51.5 Å². The molecule has 2 heterocycles. The smallest absolute Gasteiger partial charge is 0.168 e. The van der Waals surface area contributed by atoms with Crippen molar-refractivity contribution in [3.05, 3.63) is 41.7 Å². The molecule has 0 radical (unpaired) electrons. The maximum Gasteiger partial charge on any atom is 0.168 e. The highest BCUT2D eigenvalue weighted by Gasteiger charge is 2.27. The van der Waals surface area contributed by atoms with E-state index in [4.69, 9.17) is 0 Å². The fraction of sp³-hybridized carbons (Fsp3) is 0.588. The Morgan fingerprint density at radius 3 is 2.43 bits per heavy atom. The van der Waals surface area contributed by atoms with Gasteiger partial charge in [-0.2, -0.15) is 0 Å². The van der Waals surface area contributed by atoms with Gasteiger partial charge in [0.15, 0.2) is 5.82 Å². The predicted octanol–water partition coefficient (Wildman–Crippen LogP) is 1.81. The van der Waals surface area contributed by atoms with Gasteiger partial charge in [-0.25, -0.2) is 4.68 Å². The highest BCUT2D eigenvalue weighted by molar-refractivity contribution is 5.15. The Bertz CT molecular complexity index is 588. The number of benzene rings is 1. The van der Waals surface area contributed by atoms with Crippen molar-refractivity contribution in [3.63, 3.8) is 0 Å². The molecule has 0 bridgehead atoms. The van der Waals surface area contributed by atoms with Crippen LogP contribution in [0, 0.1) is 0 Å². The van der Waals surface area contributed by atoms with Crippen LogP contribution >= 0.6 is 0 Å². The highest BCUT2D eigenvalue weighted by atomic mass is 15.6. The van der Waals surface area contributed by atoms with E-state index in [1.165, 1.54) is 5.56 Å². The molecule has 0 N–H and O–H groups in total. The second-order valence-corrected chi connectivity index (χ2v) is 6.07. The average molecular weight is 314 g/mol. The molecule has 3 rings (SSSR count). The van der Waals surface area contributed by atoms with Gasteiger partial charge in [0.2, 0.25) is 0 Å². The van der Waals surface area contributed by atoms with E-state index < -0.39 is 0 Å². The van der Waals surface area contributed by atoms with Gasteiger partial charge in [-0.15, -0.1) is 5.10 Å². The molecule has 0 spiro atoms. The van der Waals surface area contributed by atoms with Crippen molar-refractivity contribution in [2.75, 3.05) is 32.7 Å². The van der Waals surface area contributed by atoms with Gasteiger partial charge in [0.05, 0.1) is 12.6 Å². The van der Waals surface area contributed by atoms with Crippen LogP contribution in [0.4, 0.5) is 0 Å². The summed E-state index contributed by atoms with van der Waals surface area (Å²) in [4.78, 5) is 5.02. The van der Waals surface area contributed by atoms with E-state index in [1.807, 2.05) is 10.7 Å². The van der Waals surface area contributed by atoms with Gasteiger partial charge in [0.25, 0.3) is 0 Å². The van der Waals surface area contributed by atoms with Gasteiger partial charge >= 0.3 is 0 Å². The zero-order valence-electron chi connectivity index (χ0n) is 14.1. The summed E-state index contributed by atoms with van der Waals surface area (Å²) in [5, 5.41) is 12.5. The fourth-order valence-corrected chi connectivity index (χ4v) is 3.31. The maximum absolute atomic E-state index is 4.34. The van der Waals surface area contributed by atoms with Crippen LogP contribution in [-0.2, 0) is 6.54 Å². The van der Waals surface area contributed by atoms with Crippen LogP contribution in [0.25, 0.3) is 0 Å². The molecule has 2 aromatic rings. The minimum atomic E-state index is 0.299. The summed E-state index contributed by atoms with van der Waals surface area (Å²) in [5.41, 5.74) is 1.23. The first kappa shape index (κ1) is 16.1. The first-order chi connectivity index (χ1) is 11.3. The summed E-state index contributed by atoms with van der Waals surface area (Å²) in [6, 6.07) is 10.7. The molecule has 1 aliphatic heterocycles. The predicted molar refractivity (Wildman–Crippen MR) is 90.1 cm³/mol. The Kier molecular flexibility index (Phi) is 5.35. The minimum Gasteiger partial charge on any atom is -0.301 e. The number of tetrazole rings is 1. The van der Waals surface area contributed by atoms with Crippen molar-refractivity contribution in [3.8, 4) is 0 Å². The van der Waals surface area contributed by atoms with Gasteiger partial charge < -0.3 is 4.90 Å². The molecule has 23 heavy (non-hydrogen) atoms. The number of aromatic nitrogens is 4. The summed E-state index contributed by atoms with van der Waals surface area (Å²) in [5.74, 6) is 0.987. The number of nitrogens with zero attached hydrogens (tertiary/aromatic N) is 6. The summed E-state index contributed by atoms with van der Waals surface area (Å²) < 4.78 is 1.95. The van der Waals surface area contributed by atoms with Gasteiger partial charge in [0.1, 0.15) is 0 Å². The second-order valence-electron chi connectivity index (χ2n) is 6.07. The summed E-state index contributed by atoms with van der Waals surface area (Å²) in [6.07, 6.45) is 1.03. The SMILES string of the molecule is CCC(c1nnnn1Cc1ccccc1)N1CCN(CC)CC1. The molecule has 1 unspecified atom stereocenters. The van der Waals surface area contributed by atoms with Crippen molar-refractivity contribution in [2.45, 2.75) is 32.9 Å². The first-order valence-electron chi connectivity index (χ1n) is 8.58. The highest BCUT2D eigenvalue weighted by Crippen LogP contribution is 2.23. The first-order valence-corrected chi connectivity index (χ1v) is 8.58. The number of hydrogen-bond acceptors (Lipinski definition) is 5. The van der Waals surface area contributed by atoms with Gasteiger partial charge in [-0.3, -0.25) is 4.90 Å². The number of rotatable bonds is 6. The molecule has 1 fully saturated rings. The van der Waals surface area contributed by atoms with Crippen LogP contribution in [0.3, 0.4) is 0 Å². The van der Waals surface area contributed by atoms with E-state index >= 15 is 0 Å². The molecule has 1 atom stereocenters. The lowest BCUT2D eigenvalue weighted by Crippen LogP contribution is -2.47. The zero-order valence-corrected chi connectivity index (χ0v) is 14.1. The summed E-state index contributed by atoms with van der Waals surface area (Å²) in [6.45, 7) is 10.8. The molecule has 1 saturated heterocycles. The van der Waals surface area contributed by atoms with Crippen LogP contribution in [0.5, 0.6) is 0 Å². The quantitative estimate of drug-likeness (QED) is 0.814. The van der Waals surface area contributed by atoms with Gasteiger partial charge in [-0.05, 0) is 29.0 Å². The van der Waals surface area contributed by atoms with Crippen molar-refractivity contribution in [1.82, 2.24) is 30.0 Å². The Labute approximate surface area is 138 Å². The largest absolute Gasteiger partial charge is 0.301 e. The molecular formula is C17H26N6. The van der Waals surface area contributed by atoms with Crippen molar-refractivity contribution in [2.24, 2.45) is 0 Å². The lowest BCUT2D eigenvalue weighted by Gasteiger charge is -2.38. The van der Waals surface area contributed by atoms with Crippen LogP contribution in [0.1, 0.15) is 37.7 Å². The molecule has 1 aromatic carbocycles. The number of piperazine rings is 1. The van der Waals surface area contributed by atoms with E-state index in [9.17, 15) is 0 Å². The number of hydrogen-bond donors (Lipinski definition) is 0. The van der Waals surface area contributed by atoms with E-state index in [1.54, 1.807) is 0 Å². The average Bonchev–Trinajstić information content (AvgIpc) is 3.05. The molecule has 1 aromatic heterocycles. The minimum absolute atomic E-state index is 0.299. The maximum atomic E-state index is 4.34. The normalized spacial score (nSPS) is 18.2. The zero-order chi connectivity index (χ0) is 16.1. The molecule has 0 aliphatic carbocycles. The standard InChI is InChI=1S/C17H26N6/c1-3-16(22-12-10-21(4-2)11-13-22)17-18-19-20-23(17)14-15-8-6-5-7-9-15/h5-9,16H,3-4,10-14H2,1-2H3. The van der Waals surface area contributed by atoms with Gasteiger partial charge in [0, 0.05) is 26.2 Å². The third kappa shape index (κ3) is 3.76. The lowest BCUT2D eigenvalue weighted by molar-refractivity contribution is 0.0915. The van der Waals surface area contributed by atoms with E-state index in [-0.39, 0.29) is 0 Å². The molecule has 0 amide bonds. The molecule has 124 valence electrons. The monoisotopic (exact) mass is 314 g/mol. The second kappa shape index (κ2) is 7.66. The summed E-state index contributed by atoms with van der Waals surface area (Å²) in [7, 11) is 0. The van der Waals surface area contributed by atoms with Crippen molar-refractivity contribution < 1.29 is 0 Å². The van der Waals surface area contributed by atoms with Crippen molar-refractivity contribution in [1.29, 1.82) is 0 Å². The molecule has 6 heteroatoms. The molecule has 0 saturated carbocycles. The van der Waals surface area contributed by atoms with Crippen LogP contribution in [-0.4, -0.2) is 62.7 Å². The Morgan fingerprint density at radius 1 is 1.04 bits per heavy atom. The Balaban J connectivity index is 1.73. The molecule has 6 nitrogen and oxygen atoms in total. The number of likely N-dealkylation sites (N-methyl/N-ethyl adjacent to an activating group) is 1. The molecular weight excluding hydrogens is 288 g/mol. The van der Waals surface area contributed by atoms with E-state index in [0.29, 0.717) is 6.04 Å². The molecule has 1 aliphatic rings. The van der Waals surface area contributed by atoms with Crippen LogP contribution in [0.15, 0.2) is 30.3 Å².